The summed E-state index contributed by atoms with van der Waals surface area (Å²) in [6.07, 6.45) is 0. The fourth-order valence-electron chi connectivity index (χ4n) is 0.643. The zero-order valence-corrected chi connectivity index (χ0v) is 6.54. The van der Waals surface area contributed by atoms with E-state index in [0.29, 0.717) is 0 Å². The molecule has 1 aromatic carbocycles. The molecule has 0 aliphatic heterocycles. The summed E-state index contributed by atoms with van der Waals surface area (Å²) < 4.78 is 39.3. The topological polar surface area (TPSA) is 26.3 Å². The first-order valence-corrected chi connectivity index (χ1v) is 3.74. The van der Waals surface area contributed by atoms with E-state index in [1.807, 2.05) is 0 Å². The van der Waals surface area contributed by atoms with Crippen molar-refractivity contribution in [3.05, 3.63) is 29.8 Å². The van der Waals surface area contributed by atoms with Crippen LogP contribution in [0.25, 0.3) is 0 Å². The maximum atomic E-state index is 12.5. The molecule has 0 radical (unpaired) electrons. The van der Waals surface area contributed by atoms with E-state index in [9.17, 15) is 12.6 Å². The first-order chi connectivity index (χ1) is 5.25. The summed E-state index contributed by atoms with van der Waals surface area (Å²) in [5.74, 6) is -2.25. The Labute approximate surface area is 68.0 Å². The van der Waals surface area contributed by atoms with Gasteiger partial charge in [0.25, 0.3) is 0 Å². The Hall–Kier alpha value is -0.788. The average Bonchev–Trinajstić information content (AvgIpc) is 1.97. The van der Waals surface area contributed by atoms with E-state index in [2.05, 4.69) is 3.79 Å². The molecule has 56 valence electrons. The molecule has 11 heavy (non-hydrogen) atoms. The van der Waals surface area contributed by atoms with Crippen molar-refractivity contribution in [2.45, 2.75) is 0 Å². The van der Waals surface area contributed by atoms with Crippen molar-refractivity contribution in [2.75, 3.05) is 0 Å². The van der Waals surface area contributed by atoms with Gasteiger partial charge in [-0.1, -0.05) is 0 Å². The van der Waals surface area contributed by atoms with Crippen LogP contribution in [0.2, 0.25) is 0 Å². The molecule has 0 bridgehead atoms. The van der Waals surface area contributed by atoms with Gasteiger partial charge in [0.1, 0.15) is 0 Å². The molecule has 0 heterocycles. The van der Waals surface area contributed by atoms with Crippen molar-refractivity contribution in [1.82, 2.24) is 0 Å². The molecule has 0 saturated heterocycles. The van der Waals surface area contributed by atoms with Crippen molar-refractivity contribution in [2.24, 2.45) is 0 Å². The van der Waals surface area contributed by atoms with Crippen LogP contribution in [0.15, 0.2) is 18.2 Å². The molecule has 0 aliphatic carbocycles. The first-order valence-electron chi connectivity index (χ1n) is 2.80. The van der Waals surface area contributed by atoms with Crippen LogP contribution >= 0.6 is 0 Å². The molecule has 0 N–H and O–H groups in total. The van der Waals surface area contributed by atoms with Crippen LogP contribution in [-0.4, -0.2) is 15.5 Å². The summed E-state index contributed by atoms with van der Waals surface area (Å²) in [5, 5.41) is 0. The fraction of sp³-hybridized carbons (Fsp3) is 0. The van der Waals surface area contributed by atoms with Gasteiger partial charge in [0.05, 0.1) is 0 Å². The van der Waals surface area contributed by atoms with Crippen molar-refractivity contribution in [1.29, 1.82) is 0 Å². The molecule has 0 aliphatic rings. The summed E-state index contributed by atoms with van der Waals surface area (Å²) >= 11 is -1.63. The summed E-state index contributed by atoms with van der Waals surface area (Å²) in [4.78, 5) is 0. The van der Waals surface area contributed by atoms with E-state index in [1.54, 1.807) is 0 Å². The number of para-hydroxylation sites is 1. The van der Waals surface area contributed by atoms with E-state index in [4.69, 9.17) is 0 Å². The van der Waals surface area contributed by atoms with Crippen molar-refractivity contribution >= 4 is 15.5 Å². The number of hydrogen-bond donors (Lipinski definition) is 0. The second-order valence-electron chi connectivity index (χ2n) is 1.76. The van der Waals surface area contributed by atoms with Crippen molar-refractivity contribution in [3.63, 3.8) is 0 Å². The van der Waals surface area contributed by atoms with Crippen molar-refractivity contribution < 1.29 is 16.4 Å². The minimum atomic E-state index is -1.63. The quantitative estimate of drug-likeness (QED) is 0.628. The molecule has 0 aromatic heterocycles. The number of rotatable bonds is 2. The van der Waals surface area contributed by atoms with Gasteiger partial charge >= 0.3 is 67.4 Å². The molecule has 5 heteroatoms. The Bertz CT molecular complexity index is 257. The Kier molecular flexibility index (Phi) is 2.69. The third-order valence-electron chi connectivity index (χ3n) is 1.08. The second-order valence-corrected chi connectivity index (χ2v) is 2.19. The monoisotopic (exact) mass is 172 g/mol. The van der Waals surface area contributed by atoms with Crippen LogP contribution in [-0.2, 0) is 3.80 Å². The van der Waals surface area contributed by atoms with Gasteiger partial charge in [-0.2, -0.15) is 0 Å². The van der Waals surface area contributed by atoms with Crippen LogP contribution in [0.5, 0.6) is 5.75 Å². The van der Waals surface area contributed by atoms with Crippen molar-refractivity contribution in [3.8, 4) is 5.75 Å². The standard InChI is InChI=1S/C6H4F2O.Al.O/c7-4-2-1-3-5(8)6(4)9;;/h1-3,9H;;/q;+1;/p-1. The normalized spacial score (nSPS) is 8.91. The number of benzene rings is 1. The third kappa shape index (κ3) is 1.82. The molecule has 0 fully saturated rings. The van der Waals surface area contributed by atoms with Crippen LogP contribution in [0.4, 0.5) is 8.78 Å². The minimum absolute atomic E-state index is 0.572. The predicted molar refractivity (Wildman–Crippen MR) is 33.4 cm³/mol. The second kappa shape index (κ2) is 3.56. The van der Waals surface area contributed by atoms with Gasteiger partial charge in [0, 0.05) is 0 Å². The van der Waals surface area contributed by atoms with E-state index < -0.39 is 32.9 Å². The Morgan fingerprint density at radius 3 is 2.27 bits per heavy atom. The molecule has 1 rings (SSSR count). The van der Waals surface area contributed by atoms with E-state index in [0.717, 1.165) is 12.1 Å². The first kappa shape index (κ1) is 8.31. The van der Waals surface area contributed by atoms with Gasteiger partial charge in [0.2, 0.25) is 0 Å². The third-order valence-corrected chi connectivity index (χ3v) is 1.42. The summed E-state index contributed by atoms with van der Waals surface area (Å²) in [7, 11) is 0. The van der Waals surface area contributed by atoms with Gasteiger partial charge in [-0.05, 0) is 0 Å². The van der Waals surface area contributed by atoms with Gasteiger partial charge in [-0.25, -0.2) is 0 Å². The van der Waals surface area contributed by atoms with E-state index in [1.165, 1.54) is 6.07 Å². The summed E-state index contributed by atoms with van der Waals surface area (Å²) in [5.41, 5.74) is 0. The molecule has 0 spiro atoms. The van der Waals surface area contributed by atoms with Gasteiger partial charge < -0.3 is 0 Å². The van der Waals surface area contributed by atoms with Gasteiger partial charge in [-0.3, -0.25) is 0 Å². The van der Waals surface area contributed by atoms with Crippen LogP contribution in [0, 0.1) is 11.6 Å². The molecule has 0 atom stereocenters. The molecule has 0 saturated carbocycles. The van der Waals surface area contributed by atoms with Crippen LogP contribution < -0.4 is 3.79 Å². The molecule has 2 nitrogen and oxygen atoms in total. The molecular weight excluding hydrogens is 169 g/mol. The molecule has 0 unspecified atom stereocenters. The Morgan fingerprint density at radius 1 is 1.27 bits per heavy atom. The van der Waals surface area contributed by atoms with Crippen LogP contribution in [0.3, 0.4) is 0 Å². The molecule has 1 aromatic rings. The zero-order valence-electron chi connectivity index (χ0n) is 5.38. The maximum absolute atomic E-state index is 12.5. The van der Waals surface area contributed by atoms with E-state index >= 15 is 0 Å². The Morgan fingerprint density at radius 2 is 1.82 bits per heavy atom. The number of halogens is 2. The fourth-order valence-corrected chi connectivity index (χ4v) is 0.965. The van der Waals surface area contributed by atoms with Gasteiger partial charge in [-0.15, -0.1) is 0 Å². The zero-order chi connectivity index (χ0) is 8.27. The number of hydrogen-bond acceptors (Lipinski definition) is 2. The summed E-state index contributed by atoms with van der Waals surface area (Å²) in [6.45, 7) is 0. The predicted octanol–water partition coefficient (Wildman–Crippen LogP) is 1.31. The van der Waals surface area contributed by atoms with E-state index in [-0.39, 0.29) is 0 Å². The average molecular weight is 172 g/mol. The summed E-state index contributed by atoms with van der Waals surface area (Å²) in [6, 6.07) is 3.28. The SMILES string of the molecule is [O]=[Al][O]c1c(F)cccc1F. The molecule has 0 amide bonds. The Balaban J connectivity index is 3.09. The van der Waals surface area contributed by atoms with Crippen LogP contribution in [0.1, 0.15) is 0 Å². The molecular formula is C6H3AlF2O2. The van der Waals surface area contributed by atoms with Gasteiger partial charge in [0.15, 0.2) is 0 Å².